The highest BCUT2D eigenvalue weighted by molar-refractivity contribution is 7.07. The molecule has 1 N–H and O–H groups in total. The number of halogens is 3. The second-order valence-corrected chi connectivity index (χ2v) is 9.00. The summed E-state index contributed by atoms with van der Waals surface area (Å²) in [5, 5.41) is 11.6. The van der Waals surface area contributed by atoms with Crippen molar-refractivity contribution in [3.8, 4) is 0 Å². The van der Waals surface area contributed by atoms with Crippen molar-refractivity contribution in [2.45, 2.75) is 50.9 Å². The van der Waals surface area contributed by atoms with Crippen LogP contribution in [0.25, 0.3) is 0 Å². The number of likely N-dealkylation sites (tertiary alicyclic amines) is 1. The number of aliphatic carboxylic acids is 1. The molecular formula is C20H28F3NO4S. The largest absolute Gasteiger partial charge is 0.490 e. The van der Waals surface area contributed by atoms with Crippen LogP contribution in [0.5, 0.6) is 0 Å². The SMILES string of the molecule is O=C(O)C(F)(F)F.c1cc(CN2CCC3OCCCC3(COCC3CC3)C2)cs1. The van der Waals surface area contributed by atoms with Gasteiger partial charge in [0.1, 0.15) is 0 Å². The Bertz CT molecular complexity index is 651. The van der Waals surface area contributed by atoms with Crippen LogP contribution in [0.1, 0.15) is 37.7 Å². The third-order valence-electron chi connectivity index (χ3n) is 5.74. The van der Waals surface area contributed by atoms with Gasteiger partial charge in [0.25, 0.3) is 0 Å². The van der Waals surface area contributed by atoms with Gasteiger partial charge in [-0.1, -0.05) is 0 Å². The number of carbonyl (C=O) groups is 1. The molecule has 4 rings (SSSR count). The van der Waals surface area contributed by atoms with E-state index in [2.05, 4.69) is 21.7 Å². The van der Waals surface area contributed by atoms with E-state index < -0.39 is 12.1 Å². The topological polar surface area (TPSA) is 59.0 Å². The van der Waals surface area contributed by atoms with Crippen LogP contribution >= 0.6 is 11.3 Å². The molecule has 1 aromatic heterocycles. The van der Waals surface area contributed by atoms with Crippen LogP contribution in [0, 0.1) is 11.3 Å². The first-order chi connectivity index (χ1) is 13.8. The maximum atomic E-state index is 10.6. The van der Waals surface area contributed by atoms with Gasteiger partial charge in [0.05, 0.1) is 12.7 Å². The van der Waals surface area contributed by atoms with Gasteiger partial charge in [-0.15, -0.1) is 0 Å². The summed E-state index contributed by atoms with van der Waals surface area (Å²) < 4.78 is 44.0. The van der Waals surface area contributed by atoms with E-state index in [1.54, 1.807) is 11.3 Å². The minimum absolute atomic E-state index is 0.238. The van der Waals surface area contributed by atoms with Gasteiger partial charge in [-0.2, -0.15) is 24.5 Å². The van der Waals surface area contributed by atoms with E-state index in [4.69, 9.17) is 19.4 Å². The molecule has 2 aliphatic heterocycles. The zero-order valence-electron chi connectivity index (χ0n) is 16.3. The molecule has 0 aromatic carbocycles. The smallest absolute Gasteiger partial charge is 0.475 e. The lowest BCUT2D eigenvalue weighted by atomic mass is 9.73. The Labute approximate surface area is 172 Å². The highest BCUT2D eigenvalue weighted by atomic mass is 32.1. The van der Waals surface area contributed by atoms with E-state index in [1.165, 1.54) is 31.2 Å². The van der Waals surface area contributed by atoms with Gasteiger partial charge in [-0.3, -0.25) is 4.90 Å². The number of carboxylic acid groups (broad SMARTS) is 1. The molecule has 3 heterocycles. The molecule has 3 aliphatic rings. The van der Waals surface area contributed by atoms with Crippen LogP contribution in [0.2, 0.25) is 0 Å². The van der Waals surface area contributed by atoms with Gasteiger partial charge in [0.2, 0.25) is 0 Å². The molecule has 2 saturated heterocycles. The molecule has 0 amide bonds. The number of alkyl halides is 3. The molecule has 0 spiro atoms. The Morgan fingerprint density at radius 2 is 2.14 bits per heavy atom. The molecular weight excluding hydrogens is 407 g/mol. The predicted octanol–water partition coefficient (Wildman–Crippen LogP) is 4.18. The minimum Gasteiger partial charge on any atom is -0.475 e. The van der Waals surface area contributed by atoms with Crippen LogP contribution in [0.4, 0.5) is 13.2 Å². The molecule has 164 valence electrons. The highest BCUT2D eigenvalue weighted by Crippen LogP contribution is 2.41. The number of fused-ring (bicyclic) bond motifs is 1. The maximum Gasteiger partial charge on any atom is 0.490 e. The van der Waals surface area contributed by atoms with Crippen molar-refractivity contribution in [1.29, 1.82) is 0 Å². The van der Waals surface area contributed by atoms with Crippen LogP contribution in [-0.2, 0) is 20.8 Å². The summed E-state index contributed by atoms with van der Waals surface area (Å²) in [4.78, 5) is 11.5. The normalized spacial score (nSPS) is 27.6. The van der Waals surface area contributed by atoms with Gasteiger partial charge < -0.3 is 14.6 Å². The molecule has 3 fully saturated rings. The number of piperidine rings is 1. The molecule has 2 atom stereocenters. The number of ether oxygens (including phenoxy) is 2. The van der Waals surface area contributed by atoms with Gasteiger partial charge in [-0.25, -0.2) is 4.79 Å². The third kappa shape index (κ3) is 6.67. The van der Waals surface area contributed by atoms with Gasteiger partial charge in [0, 0.05) is 38.3 Å². The Kier molecular flexibility index (Phi) is 7.58. The van der Waals surface area contributed by atoms with E-state index in [0.717, 1.165) is 51.8 Å². The fraction of sp³-hybridized carbons (Fsp3) is 0.750. The first-order valence-electron chi connectivity index (χ1n) is 10.0. The summed E-state index contributed by atoms with van der Waals surface area (Å²) in [6, 6.07) is 2.25. The quantitative estimate of drug-likeness (QED) is 0.727. The number of nitrogens with zero attached hydrogens (tertiary/aromatic N) is 1. The van der Waals surface area contributed by atoms with Crippen LogP contribution in [0.3, 0.4) is 0 Å². The molecule has 0 bridgehead atoms. The Hall–Kier alpha value is -1.16. The summed E-state index contributed by atoms with van der Waals surface area (Å²) in [6.07, 6.45) is 1.70. The average molecular weight is 436 g/mol. The lowest BCUT2D eigenvalue weighted by molar-refractivity contribution is -0.192. The van der Waals surface area contributed by atoms with Crippen molar-refractivity contribution >= 4 is 17.3 Å². The number of hydrogen-bond donors (Lipinski definition) is 1. The van der Waals surface area contributed by atoms with Gasteiger partial charge in [-0.05, 0) is 60.4 Å². The van der Waals surface area contributed by atoms with E-state index in [0.29, 0.717) is 6.10 Å². The van der Waals surface area contributed by atoms with E-state index in [9.17, 15) is 13.2 Å². The molecule has 1 aromatic rings. The molecule has 29 heavy (non-hydrogen) atoms. The molecule has 2 unspecified atom stereocenters. The second kappa shape index (κ2) is 9.76. The third-order valence-corrected chi connectivity index (χ3v) is 6.47. The second-order valence-electron chi connectivity index (χ2n) is 8.22. The lowest BCUT2D eigenvalue weighted by Crippen LogP contribution is -2.56. The van der Waals surface area contributed by atoms with Crippen molar-refractivity contribution in [3.63, 3.8) is 0 Å². The van der Waals surface area contributed by atoms with Crippen molar-refractivity contribution in [2.75, 3.05) is 32.9 Å². The Balaban J connectivity index is 0.000000298. The first-order valence-corrected chi connectivity index (χ1v) is 11.0. The summed E-state index contributed by atoms with van der Waals surface area (Å²) in [7, 11) is 0. The van der Waals surface area contributed by atoms with Crippen molar-refractivity contribution < 1.29 is 32.5 Å². The van der Waals surface area contributed by atoms with Crippen LogP contribution in [-0.4, -0.2) is 61.2 Å². The molecule has 1 aliphatic carbocycles. The number of carboxylic acids is 1. The highest BCUT2D eigenvalue weighted by Gasteiger charge is 2.46. The molecule has 5 nitrogen and oxygen atoms in total. The molecule has 0 radical (unpaired) electrons. The standard InChI is InChI=1S/C18H27NO2S.C2HF3O2/c1-6-18(14-20-11-15-2-3-15)13-19(7-4-17(18)21-8-1)10-16-5-9-22-12-16;3-2(4,5)1(6)7/h5,9,12,15,17H,1-4,6-8,10-11,13-14H2;(H,6,7). The van der Waals surface area contributed by atoms with E-state index in [1.807, 2.05) is 0 Å². The monoisotopic (exact) mass is 435 g/mol. The summed E-state index contributed by atoms with van der Waals surface area (Å²) in [6.45, 7) is 6.19. The Morgan fingerprint density at radius 1 is 1.38 bits per heavy atom. The van der Waals surface area contributed by atoms with Crippen LogP contribution < -0.4 is 0 Å². The lowest BCUT2D eigenvalue weighted by Gasteiger charge is -2.50. The van der Waals surface area contributed by atoms with E-state index in [-0.39, 0.29) is 5.41 Å². The van der Waals surface area contributed by atoms with Gasteiger partial charge >= 0.3 is 12.1 Å². The minimum atomic E-state index is -5.08. The fourth-order valence-electron chi connectivity index (χ4n) is 4.08. The first kappa shape index (κ1) is 22.5. The number of thiophene rings is 1. The summed E-state index contributed by atoms with van der Waals surface area (Å²) in [5.41, 5.74) is 1.69. The summed E-state index contributed by atoms with van der Waals surface area (Å²) >= 11 is 1.80. The van der Waals surface area contributed by atoms with Crippen molar-refractivity contribution in [3.05, 3.63) is 22.4 Å². The zero-order chi connectivity index (χ0) is 20.9. The summed E-state index contributed by atoms with van der Waals surface area (Å²) in [5.74, 6) is -1.91. The average Bonchev–Trinajstić information content (AvgIpc) is 3.35. The number of hydrogen-bond acceptors (Lipinski definition) is 5. The Morgan fingerprint density at radius 3 is 2.76 bits per heavy atom. The predicted molar refractivity (Wildman–Crippen MR) is 103 cm³/mol. The zero-order valence-corrected chi connectivity index (χ0v) is 17.1. The molecule has 9 heteroatoms. The van der Waals surface area contributed by atoms with E-state index >= 15 is 0 Å². The number of rotatable bonds is 6. The maximum absolute atomic E-state index is 10.6. The van der Waals surface area contributed by atoms with Crippen molar-refractivity contribution in [1.82, 2.24) is 4.90 Å². The molecule has 1 saturated carbocycles. The fourth-order valence-corrected chi connectivity index (χ4v) is 4.74. The van der Waals surface area contributed by atoms with Gasteiger partial charge in [0.15, 0.2) is 0 Å². The van der Waals surface area contributed by atoms with Crippen LogP contribution in [0.15, 0.2) is 16.8 Å². The van der Waals surface area contributed by atoms with Crippen molar-refractivity contribution in [2.24, 2.45) is 11.3 Å².